The Labute approximate surface area is 204 Å². The SMILES string of the molecule is C=CCCOC(=O)[C@@H]1[C@H]2C(=O)N(CCO)C(C(=O)N(CC=C)Cc3ccccc3)C23CC[C@H]1S3. The molecule has 3 fully saturated rings. The summed E-state index contributed by atoms with van der Waals surface area (Å²) in [6.07, 6.45) is 5.35. The van der Waals surface area contributed by atoms with E-state index in [2.05, 4.69) is 13.2 Å². The minimum absolute atomic E-state index is 0.0428. The van der Waals surface area contributed by atoms with E-state index in [0.717, 1.165) is 12.0 Å². The number of benzene rings is 1. The number of nitrogens with zero attached hydrogens (tertiary/aromatic N) is 2. The summed E-state index contributed by atoms with van der Waals surface area (Å²) >= 11 is 1.60. The van der Waals surface area contributed by atoms with Crippen LogP contribution in [0.2, 0.25) is 0 Å². The number of ether oxygens (including phenoxy) is 1. The van der Waals surface area contributed by atoms with Crippen LogP contribution in [-0.4, -0.2) is 75.0 Å². The summed E-state index contributed by atoms with van der Waals surface area (Å²) < 4.78 is 4.79. The second kappa shape index (κ2) is 10.4. The van der Waals surface area contributed by atoms with Crippen molar-refractivity contribution in [2.24, 2.45) is 11.8 Å². The molecule has 0 saturated carbocycles. The average Bonchev–Trinajstić information content (AvgIpc) is 3.47. The molecule has 1 aromatic carbocycles. The molecule has 0 aliphatic carbocycles. The molecule has 3 heterocycles. The third-order valence-electron chi connectivity index (χ3n) is 7.09. The number of hydrogen-bond acceptors (Lipinski definition) is 6. The van der Waals surface area contributed by atoms with Gasteiger partial charge in [0.1, 0.15) is 6.04 Å². The third-order valence-corrected chi connectivity index (χ3v) is 9.04. The van der Waals surface area contributed by atoms with Crippen molar-refractivity contribution in [3.05, 3.63) is 61.2 Å². The normalized spacial score (nSPS) is 29.1. The van der Waals surface area contributed by atoms with Crippen LogP contribution in [0.1, 0.15) is 24.8 Å². The van der Waals surface area contributed by atoms with Crippen LogP contribution in [0, 0.1) is 11.8 Å². The first-order chi connectivity index (χ1) is 16.5. The van der Waals surface area contributed by atoms with Crippen LogP contribution in [-0.2, 0) is 25.7 Å². The van der Waals surface area contributed by atoms with Gasteiger partial charge in [0.2, 0.25) is 11.8 Å². The summed E-state index contributed by atoms with van der Waals surface area (Å²) in [5.74, 6) is -1.95. The van der Waals surface area contributed by atoms with Gasteiger partial charge in [-0.15, -0.1) is 24.9 Å². The molecule has 2 bridgehead atoms. The van der Waals surface area contributed by atoms with E-state index in [9.17, 15) is 19.5 Å². The van der Waals surface area contributed by atoms with Crippen molar-refractivity contribution in [1.29, 1.82) is 0 Å². The van der Waals surface area contributed by atoms with E-state index in [4.69, 9.17) is 4.74 Å². The Morgan fingerprint density at radius 3 is 2.71 bits per heavy atom. The van der Waals surface area contributed by atoms with Crippen molar-refractivity contribution in [3.8, 4) is 0 Å². The smallest absolute Gasteiger partial charge is 0.310 e. The Balaban J connectivity index is 1.65. The van der Waals surface area contributed by atoms with Crippen molar-refractivity contribution in [1.82, 2.24) is 9.80 Å². The first-order valence-corrected chi connectivity index (χ1v) is 12.7. The van der Waals surface area contributed by atoms with Crippen molar-refractivity contribution in [2.45, 2.75) is 41.8 Å². The van der Waals surface area contributed by atoms with E-state index < -0.39 is 22.6 Å². The Bertz CT molecular complexity index is 954. The second-order valence-electron chi connectivity index (χ2n) is 9.05. The largest absolute Gasteiger partial charge is 0.465 e. The van der Waals surface area contributed by atoms with Crippen LogP contribution in [0.25, 0.3) is 0 Å². The van der Waals surface area contributed by atoms with Crippen LogP contribution in [0.4, 0.5) is 0 Å². The number of likely N-dealkylation sites (tertiary alicyclic amines) is 1. The Morgan fingerprint density at radius 2 is 2.03 bits per heavy atom. The van der Waals surface area contributed by atoms with Gasteiger partial charge in [-0.05, 0) is 24.8 Å². The molecule has 182 valence electrons. The van der Waals surface area contributed by atoms with Gasteiger partial charge in [0.25, 0.3) is 0 Å². The number of fused-ring (bicyclic) bond motifs is 1. The summed E-state index contributed by atoms with van der Waals surface area (Å²) in [6.45, 7) is 8.24. The van der Waals surface area contributed by atoms with Crippen molar-refractivity contribution < 1.29 is 24.2 Å². The van der Waals surface area contributed by atoms with Gasteiger partial charge in [-0.1, -0.05) is 42.5 Å². The quantitative estimate of drug-likeness (QED) is 0.295. The topological polar surface area (TPSA) is 87.1 Å². The molecule has 2 unspecified atom stereocenters. The first kappa shape index (κ1) is 24.5. The van der Waals surface area contributed by atoms with Gasteiger partial charge < -0.3 is 19.6 Å². The van der Waals surface area contributed by atoms with Crippen LogP contribution < -0.4 is 0 Å². The molecule has 3 saturated heterocycles. The maximum absolute atomic E-state index is 14.0. The highest BCUT2D eigenvalue weighted by Crippen LogP contribution is 2.66. The molecule has 34 heavy (non-hydrogen) atoms. The fourth-order valence-corrected chi connectivity index (χ4v) is 7.95. The fraction of sp³-hybridized carbons (Fsp3) is 0.500. The number of β-amino-alcohol motifs (C(OH)–C–C–N with tert-alkyl or cyclic N) is 1. The number of hydrogen-bond donors (Lipinski definition) is 1. The maximum Gasteiger partial charge on any atom is 0.310 e. The average molecular weight is 485 g/mol. The van der Waals surface area contributed by atoms with Gasteiger partial charge in [0, 0.05) is 24.9 Å². The van der Waals surface area contributed by atoms with E-state index in [1.165, 1.54) is 4.90 Å². The number of rotatable bonds is 11. The molecule has 5 atom stereocenters. The van der Waals surface area contributed by atoms with E-state index >= 15 is 0 Å². The van der Waals surface area contributed by atoms with E-state index in [0.29, 0.717) is 25.9 Å². The van der Waals surface area contributed by atoms with Crippen LogP contribution in [0.3, 0.4) is 0 Å². The van der Waals surface area contributed by atoms with Crippen molar-refractivity contribution in [2.75, 3.05) is 26.3 Å². The van der Waals surface area contributed by atoms with Crippen LogP contribution >= 0.6 is 11.8 Å². The predicted octanol–water partition coefficient (Wildman–Crippen LogP) is 2.40. The zero-order chi connectivity index (χ0) is 24.3. The zero-order valence-electron chi connectivity index (χ0n) is 19.3. The fourth-order valence-electron chi connectivity index (χ4n) is 5.75. The Morgan fingerprint density at radius 1 is 1.26 bits per heavy atom. The predicted molar refractivity (Wildman–Crippen MR) is 131 cm³/mol. The van der Waals surface area contributed by atoms with Gasteiger partial charge in [0.05, 0.1) is 29.8 Å². The number of carbonyl (C=O) groups is 3. The summed E-state index contributed by atoms with van der Waals surface area (Å²) in [5.41, 5.74) is 0.983. The molecule has 4 rings (SSSR count). The van der Waals surface area contributed by atoms with Crippen molar-refractivity contribution in [3.63, 3.8) is 0 Å². The Hall–Kier alpha value is -2.58. The van der Waals surface area contributed by atoms with Gasteiger partial charge in [-0.2, -0.15) is 0 Å². The van der Waals surface area contributed by atoms with Gasteiger partial charge in [-0.3, -0.25) is 14.4 Å². The molecule has 8 heteroatoms. The van der Waals surface area contributed by atoms with E-state index in [1.54, 1.807) is 28.8 Å². The standard InChI is InChI=1S/C26H32N2O5S/c1-3-5-16-33-25(32)20-19-11-12-26(34-19)21(20)23(30)28(14-15-29)22(26)24(31)27(13-4-2)17-18-9-7-6-8-10-18/h3-4,6-10,19-22,29H,1-2,5,11-17H2/t19-,20+,21+,22?,26?/m1/s1. The van der Waals surface area contributed by atoms with Gasteiger partial charge >= 0.3 is 5.97 Å². The number of aliphatic hydroxyl groups excluding tert-OH is 1. The monoisotopic (exact) mass is 484 g/mol. The zero-order valence-corrected chi connectivity index (χ0v) is 20.1. The molecule has 1 aromatic rings. The summed E-state index contributed by atoms with van der Waals surface area (Å²) in [6, 6.07) is 8.96. The summed E-state index contributed by atoms with van der Waals surface area (Å²) in [7, 11) is 0. The number of carbonyl (C=O) groups excluding carboxylic acids is 3. The lowest BCUT2D eigenvalue weighted by atomic mass is 9.71. The maximum atomic E-state index is 14.0. The Kier molecular flexibility index (Phi) is 7.48. The summed E-state index contributed by atoms with van der Waals surface area (Å²) in [4.78, 5) is 43.9. The number of esters is 1. The minimum atomic E-state index is -0.734. The minimum Gasteiger partial charge on any atom is -0.465 e. The van der Waals surface area contributed by atoms with Gasteiger partial charge in [0.15, 0.2) is 0 Å². The molecular weight excluding hydrogens is 452 g/mol. The molecule has 3 aliphatic rings. The lowest BCUT2D eigenvalue weighted by molar-refractivity contribution is -0.154. The van der Waals surface area contributed by atoms with E-state index in [-0.39, 0.29) is 42.8 Å². The van der Waals surface area contributed by atoms with Gasteiger partial charge in [-0.25, -0.2) is 0 Å². The lowest BCUT2D eigenvalue weighted by Crippen LogP contribution is -2.54. The number of amides is 2. The van der Waals surface area contributed by atoms with Crippen molar-refractivity contribution >= 4 is 29.5 Å². The molecule has 0 radical (unpaired) electrons. The van der Waals surface area contributed by atoms with Crippen LogP contribution in [0.5, 0.6) is 0 Å². The lowest BCUT2D eigenvalue weighted by Gasteiger charge is -2.37. The molecule has 1 spiro atoms. The number of aliphatic hydroxyl groups is 1. The molecule has 3 aliphatic heterocycles. The highest BCUT2D eigenvalue weighted by atomic mass is 32.2. The van der Waals surface area contributed by atoms with E-state index in [1.807, 2.05) is 30.3 Å². The molecule has 2 amide bonds. The molecular formula is C26H32N2O5S. The summed E-state index contributed by atoms with van der Waals surface area (Å²) in [5, 5.41) is 9.68. The third kappa shape index (κ3) is 4.18. The number of thioether (sulfide) groups is 1. The molecule has 7 nitrogen and oxygen atoms in total. The highest BCUT2D eigenvalue weighted by Gasteiger charge is 2.74. The first-order valence-electron chi connectivity index (χ1n) is 11.8. The molecule has 1 N–H and O–H groups in total. The molecule has 0 aromatic heterocycles. The highest BCUT2D eigenvalue weighted by molar-refractivity contribution is 8.02. The second-order valence-corrected chi connectivity index (χ2v) is 10.7. The van der Waals surface area contributed by atoms with Crippen LogP contribution in [0.15, 0.2) is 55.6 Å².